The van der Waals surface area contributed by atoms with Crippen LogP contribution in [-0.4, -0.2) is 9.78 Å². The average molecular weight is 250 g/mol. The maximum absolute atomic E-state index is 5.89. The number of nitrogens with zero attached hydrogens (tertiary/aromatic N) is 2. The minimum absolute atomic E-state index is 0.288. The van der Waals surface area contributed by atoms with Gasteiger partial charge in [0, 0.05) is 18.3 Å². The molecule has 4 heteroatoms. The molecule has 1 aromatic carbocycles. The second-order valence-electron chi connectivity index (χ2n) is 4.06. The van der Waals surface area contributed by atoms with Crippen LogP contribution >= 0.6 is 11.6 Å². The fourth-order valence-corrected chi connectivity index (χ4v) is 1.94. The van der Waals surface area contributed by atoms with E-state index in [2.05, 4.69) is 29.5 Å². The fourth-order valence-electron chi connectivity index (χ4n) is 1.81. The molecule has 0 bridgehead atoms. The van der Waals surface area contributed by atoms with Crippen LogP contribution in [0.5, 0.6) is 0 Å². The minimum atomic E-state index is 0.288. The van der Waals surface area contributed by atoms with Crippen molar-refractivity contribution in [3.05, 3.63) is 47.2 Å². The van der Waals surface area contributed by atoms with Gasteiger partial charge in [0.25, 0.3) is 0 Å². The van der Waals surface area contributed by atoms with Gasteiger partial charge in [0.15, 0.2) is 0 Å². The van der Waals surface area contributed by atoms with Crippen LogP contribution in [0.3, 0.4) is 0 Å². The number of hydrogen-bond acceptors (Lipinski definition) is 2. The lowest BCUT2D eigenvalue weighted by atomic mass is 10.0. The summed E-state index contributed by atoms with van der Waals surface area (Å²) in [6.45, 7) is 2.16. The molecule has 0 aliphatic carbocycles. The van der Waals surface area contributed by atoms with Gasteiger partial charge in [0.2, 0.25) is 0 Å². The highest BCUT2D eigenvalue weighted by Crippen LogP contribution is 2.23. The Morgan fingerprint density at radius 2 is 2.06 bits per heavy atom. The van der Waals surface area contributed by atoms with Crippen molar-refractivity contribution in [3.63, 3.8) is 0 Å². The topological polar surface area (TPSA) is 29.9 Å². The van der Waals surface area contributed by atoms with Crippen LogP contribution < -0.4 is 5.32 Å². The molecule has 2 rings (SSSR count). The first-order chi connectivity index (χ1) is 8.19. The van der Waals surface area contributed by atoms with E-state index in [-0.39, 0.29) is 6.04 Å². The molecule has 0 spiro atoms. The van der Waals surface area contributed by atoms with E-state index in [1.807, 2.05) is 31.6 Å². The van der Waals surface area contributed by atoms with Crippen LogP contribution in [-0.2, 0) is 7.05 Å². The summed E-state index contributed by atoms with van der Waals surface area (Å²) in [5, 5.41) is 8.37. The Morgan fingerprint density at radius 1 is 1.35 bits per heavy atom. The first kappa shape index (κ1) is 12.0. The highest BCUT2D eigenvalue weighted by atomic mass is 35.5. The first-order valence-electron chi connectivity index (χ1n) is 5.69. The predicted molar refractivity (Wildman–Crippen MR) is 71.3 cm³/mol. The molecular weight excluding hydrogens is 234 g/mol. The zero-order chi connectivity index (χ0) is 12.3. The highest BCUT2D eigenvalue weighted by Gasteiger charge is 2.09. The van der Waals surface area contributed by atoms with E-state index in [1.165, 1.54) is 5.56 Å². The summed E-state index contributed by atoms with van der Waals surface area (Å²) in [6.07, 6.45) is 4.81. The third-order valence-electron chi connectivity index (χ3n) is 2.73. The van der Waals surface area contributed by atoms with Crippen molar-refractivity contribution in [3.8, 4) is 0 Å². The summed E-state index contributed by atoms with van der Waals surface area (Å²) in [7, 11) is 1.91. The van der Waals surface area contributed by atoms with Gasteiger partial charge in [-0.25, -0.2) is 0 Å². The van der Waals surface area contributed by atoms with Gasteiger partial charge < -0.3 is 5.32 Å². The average Bonchev–Trinajstić information content (AvgIpc) is 2.73. The minimum Gasteiger partial charge on any atom is -0.376 e. The Morgan fingerprint density at radius 3 is 2.59 bits per heavy atom. The van der Waals surface area contributed by atoms with Crippen molar-refractivity contribution in [2.75, 3.05) is 5.32 Å². The van der Waals surface area contributed by atoms with Gasteiger partial charge >= 0.3 is 0 Å². The SMILES string of the molecule is CCC(Nc1cnn(C)c1)c1ccc(Cl)cc1. The maximum atomic E-state index is 5.89. The number of hydrogen-bond donors (Lipinski definition) is 1. The molecule has 1 heterocycles. The van der Waals surface area contributed by atoms with Crippen LogP contribution in [0.25, 0.3) is 0 Å². The molecule has 1 N–H and O–H groups in total. The number of halogens is 1. The van der Waals surface area contributed by atoms with E-state index in [1.54, 1.807) is 4.68 Å². The molecule has 0 aliphatic rings. The molecule has 0 aliphatic heterocycles. The standard InChI is InChI=1S/C13H16ClN3/c1-3-13(10-4-6-11(14)7-5-10)16-12-8-15-17(2)9-12/h4-9,13,16H,3H2,1-2H3. The van der Waals surface area contributed by atoms with Gasteiger partial charge in [-0.15, -0.1) is 0 Å². The smallest absolute Gasteiger partial charge is 0.0731 e. The van der Waals surface area contributed by atoms with Gasteiger partial charge in [0.05, 0.1) is 17.9 Å². The molecule has 90 valence electrons. The van der Waals surface area contributed by atoms with Crippen LogP contribution in [0, 0.1) is 0 Å². The summed E-state index contributed by atoms with van der Waals surface area (Å²) in [4.78, 5) is 0. The van der Waals surface area contributed by atoms with Gasteiger partial charge in [-0.2, -0.15) is 5.10 Å². The summed E-state index contributed by atoms with van der Waals surface area (Å²) in [5.74, 6) is 0. The molecule has 0 amide bonds. The molecule has 1 aromatic heterocycles. The molecule has 0 fully saturated rings. The molecule has 3 nitrogen and oxygen atoms in total. The van der Waals surface area contributed by atoms with Gasteiger partial charge in [-0.3, -0.25) is 4.68 Å². The summed E-state index contributed by atoms with van der Waals surface area (Å²) >= 11 is 5.89. The molecule has 17 heavy (non-hydrogen) atoms. The van der Waals surface area contributed by atoms with E-state index >= 15 is 0 Å². The molecule has 2 aromatic rings. The third-order valence-corrected chi connectivity index (χ3v) is 2.98. The van der Waals surface area contributed by atoms with Gasteiger partial charge in [0.1, 0.15) is 0 Å². The Labute approximate surface area is 106 Å². The molecule has 0 saturated carbocycles. The van der Waals surface area contributed by atoms with Crippen LogP contribution in [0.15, 0.2) is 36.7 Å². The summed E-state index contributed by atoms with van der Waals surface area (Å²) in [6, 6.07) is 8.24. The van der Waals surface area contributed by atoms with Crippen molar-refractivity contribution in [2.24, 2.45) is 7.05 Å². The normalized spacial score (nSPS) is 12.4. The van der Waals surface area contributed by atoms with Gasteiger partial charge in [-0.1, -0.05) is 30.7 Å². The van der Waals surface area contributed by atoms with Crippen LogP contribution in [0.4, 0.5) is 5.69 Å². The number of nitrogens with one attached hydrogen (secondary N) is 1. The number of aromatic nitrogens is 2. The Bertz CT molecular complexity index is 476. The molecule has 0 radical (unpaired) electrons. The van der Waals surface area contributed by atoms with E-state index in [9.17, 15) is 0 Å². The van der Waals surface area contributed by atoms with Crippen molar-refractivity contribution in [2.45, 2.75) is 19.4 Å². The van der Waals surface area contributed by atoms with E-state index < -0.39 is 0 Å². The summed E-state index contributed by atoms with van der Waals surface area (Å²) in [5.41, 5.74) is 2.27. The summed E-state index contributed by atoms with van der Waals surface area (Å²) < 4.78 is 1.79. The fraction of sp³-hybridized carbons (Fsp3) is 0.308. The van der Waals surface area contributed by atoms with Crippen molar-refractivity contribution in [1.82, 2.24) is 9.78 Å². The quantitative estimate of drug-likeness (QED) is 0.897. The van der Waals surface area contributed by atoms with Crippen molar-refractivity contribution < 1.29 is 0 Å². The maximum Gasteiger partial charge on any atom is 0.0731 e. The lowest BCUT2D eigenvalue weighted by Gasteiger charge is -2.17. The number of benzene rings is 1. The van der Waals surface area contributed by atoms with E-state index in [4.69, 9.17) is 11.6 Å². The van der Waals surface area contributed by atoms with E-state index in [0.29, 0.717) is 0 Å². The predicted octanol–water partition coefficient (Wildman–Crippen LogP) is 3.64. The number of aryl methyl sites for hydroxylation is 1. The van der Waals surface area contributed by atoms with E-state index in [0.717, 1.165) is 17.1 Å². The van der Waals surface area contributed by atoms with Crippen LogP contribution in [0.1, 0.15) is 24.9 Å². The monoisotopic (exact) mass is 249 g/mol. The van der Waals surface area contributed by atoms with Gasteiger partial charge in [-0.05, 0) is 24.1 Å². The molecule has 1 atom stereocenters. The number of anilines is 1. The Kier molecular flexibility index (Phi) is 3.69. The number of rotatable bonds is 4. The lowest BCUT2D eigenvalue weighted by Crippen LogP contribution is -2.08. The zero-order valence-corrected chi connectivity index (χ0v) is 10.8. The lowest BCUT2D eigenvalue weighted by molar-refractivity contribution is 0.747. The highest BCUT2D eigenvalue weighted by molar-refractivity contribution is 6.30. The van der Waals surface area contributed by atoms with Crippen LogP contribution in [0.2, 0.25) is 5.02 Å². The Balaban J connectivity index is 2.13. The first-order valence-corrected chi connectivity index (χ1v) is 6.07. The second-order valence-corrected chi connectivity index (χ2v) is 4.50. The molecule has 1 unspecified atom stereocenters. The Hall–Kier alpha value is -1.48. The largest absolute Gasteiger partial charge is 0.376 e. The zero-order valence-electron chi connectivity index (χ0n) is 10.0. The van der Waals surface area contributed by atoms with Crippen molar-refractivity contribution in [1.29, 1.82) is 0 Å². The van der Waals surface area contributed by atoms with Crippen molar-refractivity contribution >= 4 is 17.3 Å². The molecule has 0 saturated heterocycles. The third kappa shape index (κ3) is 3.01. The molecular formula is C13H16ClN3. The second kappa shape index (κ2) is 5.23.